The molecule has 1 atom stereocenters. The van der Waals surface area contributed by atoms with Crippen LogP contribution < -0.4 is 10.1 Å². The summed E-state index contributed by atoms with van der Waals surface area (Å²) in [7, 11) is -3.56. The highest BCUT2D eigenvalue weighted by atomic mass is 32.2. The molecule has 0 aromatic heterocycles. The van der Waals surface area contributed by atoms with Crippen molar-refractivity contribution in [2.24, 2.45) is 0 Å². The molecule has 2 aromatic carbocycles. The Morgan fingerprint density at radius 1 is 1.10 bits per heavy atom. The number of ether oxygens (including phenoxy) is 1. The zero-order chi connectivity index (χ0) is 21.0. The van der Waals surface area contributed by atoms with Crippen molar-refractivity contribution in [3.05, 3.63) is 59.2 Å². The van der Waals surface area contributed by atoms with Crippen LogP contribution in [0.4, 0.5) is 0 Å². The second-order valence-electron chi connectivity index (χ2n) is 7.59. The summed E-state index contributed by atoms with van der Waals surface area (Å²) in [6, 6.07) is 12.2. The molecule has 156 valence electrons. The van der Waals surface area contributed by atoms with Crippen LogP contribution in [-0.4, -0.2) is 44.4 Å². The first-order valence-corrected chi connectivity index (χ1v) is 11.3. The van der Waals surface area contributed by atoms with Crippen LogP contribution in [0.3, 0.4) is 0 Å². The molecule has 1 amide bonds. The van der Waals surface area contributed by atoms with Crippen molar-refractivity contribution >= 4 is 15.9 Å². The third-order valence-electron chi connectivity index (χ3n) is 5.05. The van der Waals surface area contributed by atoms with Crippen molar-refractivity contribution in [1.29, 1.82) is 0 Å². The Labute approximate surface area is 172 Å². The zero-order valence-corrected chi connectivity index (χ0v) is 18.0. The maximum absolute atomic E-state index is 12.8. The zero-order valence-electron chi connectivity index (χ0n) is 17.1. The van der Waals surface area contributed by atoms with Crippen molar-refractivity contribution < 1.29 is 17.9 Å². The average molecular weight is 417 g/mol. The normalized spacial score (nSPS) is 15.8. The van der Waals surface area contributed by atoms with Gasteiger partial charge in [0.15, 0.2) is 0 Å². The average Bonchev–Trinajstić information content (AvgIpc) is 3.23. The van der Waals surface area contributed by atoms with Gasteiger partial charge < -0.3 is 10.1 Å². The number of rotatable bonds is 7. The summed E-state index contributed by atoms with van der Waals surface area (Å²) in [5.74, 6) is 0.438. The lowest BCUT2D eigenvalue weighted by atomic mass is 10.1. The fraction of sp³-hybridized carbons (Fsp3) is 0.409. The summed E-state index contributed by atoms with van der Waals surface area (Å²) in [5, 5.41) is 2.89. The molecule has 1 aliphatic heterocycles. The van der Waals surface area contributed by atoms with Crippen LogP contribution in [0.25, 0.3) is 0 Å². The molecule has 1 fully saturated rings. The molecule has 0 aliphatic carbocycles. The number of carbonyl (C=O) groups is 1. The molecule has 1 N–H and O–H groups in total. The number of hydrogen-bond donors (Lipinski definition) is 1. The van der Waals surface area contributed by atoms with Gasteiger partial charge in [0, 0.05) is 18.7 Å². The third kappa shape index (κ3) is 5.16. The number of nitrogens with zero attached hydrogens (tertiary/aromatic N) is 1. The number of nitrogens with one attached hydrogen (secondary N) is 1. The molecule has 0 unspecified atom stereocenters. The molecule has 0 saturated carbocycles. The summed E-state index contributed by atoms with van der Waals surface area (Å²) < 4.78 is 32.8. The predicted molar refractivity (Wildman–Crippen MR) is 113 cm³/mol. The molecule has 0 spiro atoms. The van der Waals surface area contributed by atoms with Gasteiger partial charge in [0.25, 0.3) is 5.91 Å². The molecule has 1 aliphatic rings. The van der Waals surface area contributed by atoms with Crippen LogP contribution in [0.2, 0.25) is 0 Å². The highest BCUT2D eigenvalue weighted by Crippen LogP contribution is 2.23. The highest BCUT2D eigenvalue weighted by molar-refractivity contribution is 7.89. The van der Waals surface area contributed by atoms with Crippen LogP contribution in [0.15, 0.2) is 47.4 Å². The summed E-state index contributed by atoms with van der Waals surface area (Å²) in [5.41, 5.74) is 2.25. The topological polar surface area (TPSA) is 75.7 Å². The van der Waals surface area contributed by atoms with Gasteiger partial charge in [-0.05, 0) is 63.4 Å². The molecule has 7 heteroatoms. The summed E-state index contributed by atoms with van der Waals surface area (Å²) >= 11 is 0. The van der Waals surface area contributed by atoms with Crippen molar-refractivity contribution in [2.45, 2.75) is 44.6 Å². The maximum Gasteiger partial charge on any atom is 0.251 e. The Bertz CT molecular complexity index is 965. The first kappa shape index (κ1) is 21.3. The first-order valence-electron chi connectivity index (χ1n) is 9.88. The van der Waals surface area contributed by atoms with Crippen molar-refractivity contribution in [3.8, 4) is 5.75 Å². The van der Waals surface area contributed by atoms with Gasteiger partial charge in [0.05, 0.1) is 10.9 Å². The predicted octanol–water partition coefficient (Wildman–Crippen LogP) is 3.29. The molecule has 0 radical (unpaired) electrons. The van der Waals surface area contributed by atoms with E-state index in [0.717, 1.165) is 29.7 Å². The largest absolute Gasteiger partial charge is 0.491 e. The number of sulfonamides is 1. The van der Waals surface area contributed by atoms with Gasteiger partial charge in [-0.25, -0.2) is 8.42 Å². The Morgan fingerprint density at radius 2 is 1.76 bits per heavy atom. The second-order valence-corrected chi connectivity index (χ2v) is 9.52. The van der Waals surface area contributed by atoms with E-state index >= 15 is 0 Å². The molecule has 3 rings (SSSR count). The van der Waals surface area contributed by atoms with E-state index < -0.39 is 10.0 Å². The van der Waals surface area contributed by atoms with Gasteiger partial charge in [-0.2, -0.15) is 4.31 Å². The number of hydrogen-bond acceptors (Lipinski definition) is 4. The van der Waals surface area contributed by atoms with Crippen molar-refractivity contribution in [2.75, 3.05) is 19.7 Å². The molecule has 29 heavy (non-hydrogen) atoms. The van der Waals surface area contributed by atoms with Crippen LogP contribution in [0.1, 0.15) is 41.3 Å². The van der Waals surface area contributed by atoms with Crippen LogP contribution in [-0.2, 0) is 10.0 Å². The van der Waals surface area contributed by atoms with E-state index in [2.05, 4.69) is 5.32 Å². The SMILES string of the molecule is Cc1ccc(OC[C@@H](C)NC(=O)c2cc(S(=O)(=O)N3CCCC3)ccc2C)cc1. The van der Waals surface area contributed by atoms with Gasteiger partial charge in [0.2, 0.25) is 10.0 Å². The Kier molecular flexibility index (Phi) is 6.59. The molecule has 1 heterocycles. The summed E-state index contributed by atoms with van der Waals surface area (Å²) in [4.78, 5) is 12.9. The van der Waals surface area contributed by atoms with Crippen molar-refractivity contribution in [1.82, 2.24) is 9.62 Å². The molecule has 6 nitrogen and oxygen atoms in total. The van der Waals surface area contributed by atoms with Crippen LogP contribution in [0.5, 0.6) is 5.75 Å². The van der Waals surface area contributed by atoms with E-state index in [0.29, 0.717) is 25.3 Å². The van der Waals surface area contributed by atoms with Crippen molar-refractivity contribution in [3.63, 3.8) is 0 Å². The molecule has 2 aromatic rings. The minimum atomic E-state index is -3.56. The fourth-order valence-corrected chi connectivity index (χ4v) is 4.83. The molecule has 0 bridgehead atoms. The number of carbonyl (C=O) groups excluding carboxylic acids is 1. The van der Waals surface area contributed by atoms with E-state index in [1.54, 1.807) is 19.1 Å². The van der Waals surface area contributed by atoms with E-state index in [1.807, 2.05) is 38.1 Å². The van der Waals surface area contributed by atoms with E-state index in [4.69, 9.17) is 4.74 Å². The van der Waals surface area contributed by atoms with E-state index in [1.165, 1.54) is 10.4 Å². The minimum Gasteiger partial charge on any atom is -0.491 e. The standard InChI is InChI=1S/C22H28N2O4S/c1-16-6-9-19(10-7-16)28-15-18(3)23-22(25)21-14-20(11-8-17(21)2)29(26,27)24-12-4-5-13-24/h6-11,14,18H,4-5,12-13,15H2,1-3H3,(H,23,25)/t18-/m1/s1. The Hall–Kier alpha value is -2.38. The lowest BCUT2D eigenvalue weighted by molar-refractivity contribution is 0.0926. The van der Waals surface area contributed by atoms with Gasteiger partial charge in [-0.15, -0.1) is 0 Å². The highest BCUT2D eigenvalue weighted by Gasteiger charge is 2.28. The third-order valence-corrected chi connectivity index (χ3v) is 6.95. The lowest BCUT2D eigenvalue weighted by Crippen LogP contribution is -2.37. The minimum absolute atomic E-state index is 0.165. The molecule has 1 saturated heterocycles. The molecular weight excluding hydrogens is 388 g/mol. The fourth-order valence-electron chi connectivity index (χ4n) is 3.28. The quantitative estimate of drug-likeness (QED) is 0.752. The first-order chi connectivity index (χ1) is 13.8. The van der Waals surface area contributed by atoms with Gasteiger partial charge in [-0.3, -0.25) is 4.79 Å². The van der Waals surface area contributed by atoms with Gasteiger partial charge >= 0.3 is 0 Å². The smallest absolute Gasteiger partial charge is 0.251 e. The summed E-state index contributed by atoms with van der Waals surface area (Å²) in [6.07, 6.45) is 1.74. The summed E-state index contributed by atoms with van der Waals surface area (Å²) in [6.45, 7) is 7.05. The Morgan fingerprint density at radius 3 is 2.41 bits per heavy atom. The van der Waals surface area contributed by atoms with Gasteiger partial charge in [-0.1, -0.05) is 23.8 Å². The van der Waals surface area contributed by atoms with E-state index in [-0.39, 0.29) is 16.8 Å². The van der Waals surface area contributed by atoms with Crippen LogP contribution >= 0.6 is 0 Å². The Balaban J connectivity index is 1.67. The number of benzene rings is 2. The van der Waals surface area contributed by atoms with Gasteiger partial charge in [0.1, 0.15) is 12.4 Å². The monoisotopic (exact) mass is 416 g/mol. The maximum atomic E-state index is 12.8. The molecular formula is C22H28N2O4S. The second kappa shape index (κ2) is 8.97. The van der Waals surface area contributed by atoms with Crippen LogP contribution in [0, 0.1) is 13.8 Å². The number of aryl methyl sites for hydroxylation is 2. The van der Waals surface area contributed by atoms with E-state index in [9.17, 15) is 13.2 Å². The lowest BCUT2D eigenvalue weighted by Gasteiger charge is -2.18. The number of amides is 1.